The lowest BCUT2D eigenvalue weighted by Crippen LogP contribution is -2.36. The van der Waals surface area contributed by atoms with E-state index in [1.807, 2.05) is 4.90 Å². The van der Waals surface area contributed by atoms with Gasteiger partial charge in [-0.05, 0) is 19.4 Å². The van der Waals surface area contributed by atoms with Crippen LogP contribution in [0, 0.1) is 10.1 Å². The Balaban J connectivity index is 2.17. The van der Waals surface area contributed by atoms with Crippen LogP contribution in [0.2, 0.25) is 0 Å². The van der Waals surface area contributed by atoms with Gasteiger partial charge in [-0.3, -0.25) is 10.1 Å². The van der Waals surface area contributed by atoms with Gasteiger partial charge in [-0.15, -0.1) is 0 Å². The number of nitro groups is 1. The van der Waals surface area contributed by atoms with E-state index in [2.05, 4.69) is 5.32 Å². The number of ether oxygens (including phenoxy) is 3. The Bertz CT molecular complexity index is 954. The van der Waals surface area contributed by atoms with Crippen molar-refractivity contribution in [3.05, 3.63) is 62.6 Å². The van der Waals surface area contributed by atoms with E-state index in [9.17, 15) is 19.7 Å². The van der Waals surface area contributed by atoms with Crippen LogP contribution in [0.1, 0.15) is 25.3 Å². The highest BCUT2D eigenvalue weighted by Gasteiger charge is 2.43. The summed E-state index contributed by atoms with van der Waals surface area (Å²) in [5.41, 5.74) is 1.37. The molecule has 31 heavy (non-hydrogen) atoms. The number of methoxy groups -OCH3 is 1. The second-order valence-electron chi connectivity index (χ2n) is 6.97. The molecule has 0 aromatic heterocycles. The van der Waals surface area contributed by atoms with Crippen molar-refractivity contribution in [3.8, 4) is 0 Å². The molecule has 0 amide bonds. The Labute approximate surface area is 179 Å². The van der Waals surface area contributed by atoms with Gasteiger partial charge in [0.2, 0.25) is 0 Å². The third-order valence-corrected chi connectivity index (χ3v) is 5.18. The van der Waals surface area contributed by atoms with Gasteiger partial charge < -0.3 is 24.4 Å². The van der Waals surface area contributed by atoms with Crippen LogP contribution in [0.3, 0.4) is 0 Å². The van der Waals surface area contributed by atoms with E-state index in [-0.39, 0.29) is 36.7 Å². The zero-order valence-electron chi connectivity index (χ0n) is 17.7. The number of carbonyl (C=O) groups excluding carboxylic acids is 2. The number of hydrogen-bond donors (Lipinski definition) is 1. The lowest BCUT2D eigenvalue weighted by Gasteiger charge is -2.34. The van der Waals surface area contributed by atoms with Gasteiger partial charge in [0.15, 0.2) is 0 Å². The molecule has 0 bridgehead atoms. The molecule has 0 radical (unpaired) electrons. The first-order chi connectivity index (χ1) is 14.9. The van der Waals surface area contributed by atoms with Crippen molar-refractivity contribution < 1.29 is 28.7 Å². The van der Waals surface area contributed by atoms with Gasteiger partial charge >= 0.3 is 11.9 Å². The quantitative estimate of drug-likeness (QED) is 0.284. The van der Waals surface area contributed by atoms with Crippen LogP contribution < -0.4 is 5.32 Å². The summed E-state index contributed by atoms with van der Waals surface area (Å²) in [5, 5.41) is 14.5. The summed E-state index contributed by atoms with van der Waals surface area (Å²) in [7, 11) is 1.49. The van der Waals surface area contributed by atoms with Gasteiger partial charge in [-0.1, -0.05) is 12.1 Å². The van der Waals surface area contributed by atoms with Crippen LogP contribution in [-0.2, 0) is 23.8 Å². The van der Waals surface area contributed by atoms with E-state index >= 15 is 0 Å². The normalized spacial score (nSPS) is 17.9. The Kier molecular flexibility index (Phi) is 6.91. The smallest absolute Gasteiger partial charge is 0.338 e. The molecule has 1 saturated heterocycles. The Hall–Kier alpha value is -3.40. The summed E-state index contributed by atoms with van der Waals surface area (Å²) in [6, 6.07) is 5.90. The maximum atomic E-state index is 13.1. The lowest BCUT2D eigenvalue weighted by atomic mass is 9.80. The summed E-state index contributed by atoms with van der Waals surface area (Å²) < 4.78 is 15.6. The van der Waals surface area contributed by atoms with E-state index in [1.54, 1.807) is 19.9 Å². The lowest BCUT2D eigenvalue weighted by molar-refractivity contribution is -0.384. The monoisotopic (exact) mass is 431 g/mol. The van der Waals surface area contributed by atoms with Crippen molar-refractivity contribution >= 4 is 17.6 Å². The largest absolute Gasteiger partial charge is 0.463 e. The molecule has 1 fully saturated rings. The summed E-state index contributed by atoms with van der Waals surface area (Å²) in [4.78, 5) is 38.8. The number of nitro benzene ring substituents is 1. The number of nitrogens with one attached hydrogen (secondary N) is 1. The number of non-ortho nitro benzene ring substituents is 1. The van der Waals surface area contributed by atoms with Gasteiger partial charge in [-0.25, -0.2) is 9.59 Å². The highest BCUT2D eigenvalue weighted by molar-refractivity contribution is 6.00. The topological polar surface area (TPSA) is 120 Å². The van der Waals surface area contributed by atoms with E-state index in [0.29, 0.717) is 30.2 Å². The van der Waals surface area contributed by atoms with E-state index in [1.165, 1.54) is 25.3 Å². The molecule has 1 atom stereocenters. The number of carbonyl (C=O) groups is 2. The summed E-state index contributed by atoms with van der Waals surface area (Å²) in [6.45, 7) is 4.99. The van der Waals surface area contributed by atoms with Crippen molar-refractivity contribution in [2.24, 2.45) is 0 Å². The maximum absolute atomic E-state index is 13.1. The number of allylic oxidation sites excluding steroid dienone is 1. The standard InChI is InChI=1S/C21H25N3O7/c1-4-30-21(26)18-17(14-6-5-7-15(12-14)24(27)28)16(20(25)31-11-10-29-3)13(2)23-9-8-22-19(18)23/h5-7,12,17,22H,4,8-11H2,1-3H3. The zero-order chi connectivity index (χ0) is 22.5. The van der Waals surface area contributed by atoms with Crippen molar-refractivity contribution in [2.75, 3.05) is 40.0 Å². The molecular weight excluding hydrogens is 406 g/mol. The number of benzene rings is 1. The van der Waals surface area contributed by atoms with Crippen LogP contribution in [0.5, 0.6) is 0 Å². The average Bonchev–Trinajstić information content (AvgIpc) is 3.24. The first-order valence-electron chi connectivity index (χ1n) is 9.94. The first-order valence-corrected chi connectivity index (χ1v) is 9.94. The molecule has 1 aromatic rings. The first kappa shape index (κ1) is 22.3. The van der Waals surface area contributed by atoms with Gasteiger partial charge in [0.25, 0.3) is 5.69 Å². The molecule has 1 aromatic carbocycles. The molecule has 3 rings (SSSR count). The fraction of sp³-hybridized carbons (Fsp3) is 0.429. The molecule has 1 unspecified atom stereocenters. The zero-order valence-corrected chi connectivity index (χ0v) is 17.7. The molecule has 10 nitrogen and oxygen atoms in total. The fourth-order valence-electron chi connectivity index (χ4n) is 3.84. The fourth-order valence-corrected chi connectivity index (χ4v) is 3.84. The average molecular weight is 431 g/mol. The number of hydrogen-bond acceptors (Lipinski definition) is 9. The predicted molar refractivity (Wildman–Crippen MR) is 110 cm³/mol. The van der Waals surface area contributed by atoms with Gasteiger partial charge in [0, 0.05) is 38.0 Å². The molecule has 0 saturated carbocycles. The minimum atomic E-state index is -0.883. The Morgan fingerprint density at radius 2 is 1.97 bits per heavy atom. The second kappa shape index (κ2) is 9.61. The maximum Gasteiger partial charge on any atom is 0.338 e. The van der Waals surface area contributed by atoms with Crippen LogP contribution in [0.15, 0.2) is 46.9 Å². The van der Waals surface area contributed by atoms with Crippen molar-refractivity contribution in [3.63, 3.8) is 0 Å². The van der Waals surface area contributed by atoms with Crippen LogP contribution in [-0.4, -0.2) is 61.8 Å². The minimum Gasteiger partial charge on any atom is -0.463 e. The molecule has 10 heteroatoms. The molecule has 166 valence electrons. The van der Waals surface area contributed by atoms with Gasteiger partial charge in [-0.2, -0.15) is 0 Å². The predicted octanol–water partition coefficient (Wildman–Crippen LogP) is 1.84. The number of fused-ring (bicyclic) bond motifs is 1. The van der Waals surface area contributed by atoms with Crippen molar-refractivity contribution in [1.29, 1.82) is 0 Å². The van der Waals surface area contributed by atoms with Crippen molar-refractivity contribution in [2.45, 2.75) is 19.8 Å². The van der Waals surface area contributed by atoms with Gasteiger partial charge in [0.05, 0.1) is 35.2 Å². The molecule has 0 aliphatic carbocycles. The third-order valence-electron chi connectivity index (χ3n) is 5.18. The SMILES string of the molecule is CCOC(=O)C1=C2NCCN2C(C)=C(C(=O)OCCOC)C1c1cccc([N+](=O)[O-])c1. The van der Waals surface area contributed by atoms with Crippen molar-refractivity contribution in [1.82, 2.24) is 10.2 Å². The Morgan fingerprint density at radius 1 is 1.23 bits per heavy atom. The molecular formula is C21H25N3O7. The van der Waals surface area contributed by atoms with E-state index < -0.39 is 22.8 Å². The number of esters is 2. The van der Waals surface area contributed by atoms with Crippen LogP contribution in [0.25, 0.3) is 0 Å². The summed E-state index contributed by atoms with van der Waals surface area (Å²) in [6.07, 6.45) is 0. The second-order valence-corrected chi connectivity index (χ2v) is 6.97. The van der Waals surface area contributed by atoms with Gasteiger partial charge in [0.1, 0.15) is 12.4 Å². The van der Waals surface area contributed by atoms with E-state index in [0.717, 1.165) is 0 Å². The number of rotatable bonds is 8. The molecule has 2 aliphatic heterocycles. The highest BCUT2D eigenvalue weighted by atomic mass is 16.6. The summed E-state index contributed by atoms with van der Waals surface area (Å²) >= 11 is 0. The molecule has 2 aliphatic rings. The molecule has 0 spiro atoms. The minimum absolute atomic E-state index is 0.0390. The third kappa shape index (κ3) is 4.38. The molecule has 1 N–H and O–H groups in total. The number of nitrogens with zero attached hydrogens (tertiary/aromatic N) is 2. The Morgan fingerprint density at radius 3 is 2.65 bits per heavy atom. The van der Waals surface area contributed by atoms with Crippen LogP contribution >= 0.6 is 0 Å². The highest BCUT2D eigenvalue weighted by Crippen LogP contribution is 2.43. The summed E-state index contributed by atoms with van der Waals surface area (Å²) in [5.74, 6) is -1.55. The molecule has 2 heterocycles. The van der Waals surface area contributed by atoms with E-state index in [4.69, 9.17) is 14.2 Å². The van der Waals surface area contributed by atoms with Crippen LogP contribution in [0.4, 0.5) is 5.69 Å².